The van der Waals surface area contributed by atoms with E-state index in [9.17, 15) is 9.18 Å². The van der Waals surface area contributed by atoms with E-state index in [-0.39, 0.29) is 17.7 Å². The van der Waals surface area contributed by atoms with Gasteiger partial charge in [0.2, 0.25) is 0 Å². The Hall–Kier alpha value is -1.58. The van der Waals surface area contributed by atoms with Crippen LogP contribution in [0.4, 0.5) is 14.9 Å². The number of halogens is 1. The minimum atomic E-state index is -0.625. The van der Waals surface area contributed by atoms with Gasteiger partial charge in [0.1, 0.15) is 5.82 Å². The zero-order valence-electron chi connectivity index (χ0n) is 12.7. The number of carbonyl (C=O) groups excluding carboxylic acids is 1. The van der Waals surface area contributed by atoms with Gasteiger partial charge < -0.3 is 11.1 Å². The Morgan fingerprint density at radius 2 is 1.47 bits per heavy atom. The number of nitrogens with one attached hydrogen (secondary N) is 1. The zero-order valence-corrected chi connectivity index (χ0v) is 12.7. The average Bonchev–Trinajstić information content (AvgIpc) is 2.32. The van der Waals surface area contributed by atoms with Crippen molar-refractivity contribution in [2.24, 2.45) is 5.73 Å². The maximum Gasteiger partial charge on any atom is 0.316 e. The number of hydrogen-bond donors (Lipinski definition) is 2. The lowest BCUT2D eigenvalue weighted by Crippen LogP contribution is -2.22. The van der Waals surface area contributed by atoms with Crippen LogP contribution in [0, 0.1) is 5.82 Å². The molecule has 108 valence electrons. The predicted octanol–water partition coefficient (Wildman–Crippen LogP) is 4.59. The van der Waals surface area contributed by atoms with Crippen LogP contribution in [0.1, 0.15) is 64.5 Å². The van der Waals surface area contributed by atoms with Crippen LogP contribution < -0.4 is 11.1 Å². The summed E-state index contributed by atoms with van der Waals surface area (Å²) in [4.78, 5) is 11.0. The Bertz CT molecular complexity index is 399. The van der Waals surface area contributed by atoms with Gasteiger partial charge in [0.25, 0.3) is 0 Å². The van der Waals surface area contributed by atoms with E-state index in [2.05, 4.69) is 5.32 Å². The fourth-order valence-corrected chi connectivity index (χ4v) is 1.83. The molecule has 1 aromatic rings. The van der Waals surface area contributed by atoms with Crippen LogP contribution in [0.2, 0.25) is 0 Å². The Kier molecular flexibility index (Phi) is 7.12. The number of urea groups is 1. The lowest BCUT2D eigenvalue weighted by atomic mass is 9.92. The minimum absolute atomic E-state index is 0.116. The summed E-state index contributed by atoms with van der Waals surface area (Å²) in [7, 11) is 0. The molecule has 0 aromatic heterocycles. The maximum absolute atomic E-state index is 13.5. The van der Waals surface area contributed by atoms with E-state index in [1.54, 1.807) is 0 Å². The Balaban J connectivity index is 0.00000154. The van der Waals surface area contributed by atoms with E-state index in [4.69, 9.17) is 5.73 Å². The molecule has 2 amide bonds. The van der Waals surface area contributed by atoms with Gasteiger partial charge in [-0.15, -0.1) is 0 Å². The van der Waals surface area contributed by atoms with Gasteiger partial charge in [-0.2, -0.15) is 0 Å². The average molecular weight is 268 g/mol. The van der Waals surface area contributed by atoms with Crippen molar-refractivity contribution >= 4 is 11.7 Å². The quantitative estimate of drug-likeness (QED) is 0.827. The summed E-state index contributed by atoms with van der Waals surface area (Å²) in [6, 6.07) is 2.27. The zero-order chi connectivity index (χ0) is 15.2. The van der Waals surface area contributed by atoms with Gasteiger partial charge in [-0.3, -0.25) is 0 Å². The van der Waals surface area contributed by atoms with Crippen molar-refractivity contribution in [3.05, 3.63) is 29.1 Å². The first-order chi connectivity index (χ1) is 8.82. The summed E-state index contributed by atoms with van der Waals surface area (Å²) in [5.74, 6) is -0.0532. The van der Waals surface area contributed by atoms with E-state index in [1.165, 1.54) is 12.1 Å². The molecule has 0 aliphatic rings. The third-order valence-corrected chi connectivity index (χ3v) is 2.66. The molecule has 0 fully saturated rings. The van der Waals surface area contributed by atoms with Gasteiger partial charge in [0, 0.05) is 5.69 Å². The molecule has 0 radical (unpaired) electrons. The second-order valence-electron chi connectivity index (χ2n) is 4.76. The van der Waals surface area contributed by atoms with Crippen LogP contribution >= 0.6 is 0 Å². The number of amides is 2. The Morgan fingerprint density at radius 1 is 1.11 bits per heavy atom. The summed E-state index contributed by atoms with van der Waals surface area (Å²) in [6.07, 6.45) is 0. The summed E-state index contributed by atoms with van der Waals surface area (Å²) in [6.45, 7) is 11.8. The van der Waals surface area contributed by atoms with E-state index in [1.807, 2.05) is 41.5 Å². The van der Waals surface area contributed by atoms with Crippen molar-refractivity contribution in [1.82, 2.24) is 0 Å². The van der Waals surface area contributed by atoms with Gasteiger partial charge in [-0.25, -0.2) is 9.18 Å². The van der Waals surface area contributed by atoms with Gasteiger partial charge in [0.05, 0.1) is 0 Å². The fraction of sp³-hybridized carbons (Fsp3) is 0.533. The number of nitrogens with two attached hydrogens (primary N) is 1. The number of carbonyl (C=O) groups is 1. The molecule has 3 nitrogen and oxygen atoms in total. The molecule has 0 saturated heterocycles. The highest BCUT2D eigenvalue weighted by molar-refractivity contribution is 5.90. The third-order valence-electron chi connectivity index (χ3n) is 2.66. The first-order valence-electron chi connectivity index (χ1n) is 6.72. The molecule has 0 spiro atoms. The molecule has 1 aromatic carbocycles. The van der Waals surface area contributed by atoms with Crippen LogP contribution in [0.5, 0.6) is 0 Å². The number of rotatable bonds is 3. The molecule has 19 heavy (non-hydrogen) atoms. The van der Waals surface area contributed by atoms with Crippen LogP contribution in [0.25, 0.3) is 0 Å². The lowest BCUT2D eigenvalue weighted by Gasteiger charge is -2.19. The number of anilines is 1. The monoisotopic (exact) mass is 268 g/mol. The molecule has 1 rings (SSSR count). The Morgan fingerprint density at radius 3 is 1.74 bits per heavy atom. The van der Waals surface area contributed by atoms with Gasteiger partial charge in [0.15, 0.2) is 0 Å². The van der Waals surface area contributed by atoms with Gasteiger partial charge in [-0.05, 0) is 35.1 Å². The minimum Gasteiger partial charge on any atom is -0.351 e. The highest BCUT2D eigenvalue weighted by atomic mass is 19.1. The van der Waals surface area contributed by atoms with Crippen molar-refractivity contribution < 1.29 is 9.18 Å². The summed E-state index contributed by atoms with van der Waals surface area (Å²) in [5, 5.41) is 2.60. The van der Waals surface area contributed by atoms with Crippen molar-refractivity contribution in [2.45, 2.75) is 53.4 Å². The van der Waals surface area contributed by atoms with E-state index in [0.29, 0.717) is 5.69 Å². The van der Waals surface area contributed by atoms with Crippen LogP contribution in [0.3, 0.4) is 0 Å². The third kappa shape index (κ3) is 4.89. The molecule has 0 saturated carbocycles. The molecule has 0 aliphatic heterocycles. The molecular formula is C15H25FN2O. The summed E-state index contributed by atoms with van der Waals surface area (Å²) >= 11 is 0. The first-order valence-corrected chi connectivity index (χ1v) is 6.72. The van der Waals surface area contributed by atoms with Crippen molar-refractivity contribution in [3.63, 3.8) is 0 Å². The van der Waals surface area contributed by atoms with E-state index >= 15 is 0 Å². The highest BCUT2D eigenvalue weighted by Crippen LogP contribution is 2.33. The van der Waals surface area contributed by atoms with Crippen LogP contribution in [-0.4, -0.2) is 6.03 Å². The van der Waals surface area contributed by atoms with Crippen molar-refractivity contribution in [2.75, 3.05) is 5.32 Å². The topological polar surface area (TPSA) is 55.1 Å². The molecule has 0 aliphatic carbocycles. The first kappa shape index (κ1) is 17.4. The van der Waals surface area contributed by atoms with Crippen LogP contribution in [-0.2, 0) is 0 Å². The van der Waals surface area contributed by atoms with Gasteiger partial charge >= 0.3 is 6.03 Å². The van der Waals surface area contributed by atoms with Crippen molar-refractivity contribution in [1.29, 1.82) is 0 Å². The standard InChI is InChI=1S/C13H19FN2O.C2H6/c1-7(2)10-5-9(14)6-11(8(3)4)12(10)16-13(15)17;1-2/h5-8H,1-4H3,(H3,15,16,17);1-2H3. The maximum atomic E-state index is 13.5. The Labute approximate surface area is 115 Å². The number of benzene rings is 1. The molecule has 0 bridgehead atoms. The normalized spacial score (nSPS) is 10.2. The van der Waals surface area contributed by atoms with Gasteiger partial charge in [-0.1, -0.05) is 41.5 Å². The molecule has 4 heteroatoms. The summed E-state index contributed by atoms with van der Waals surface area (Å²) < 4.78 is 13.5. The molecular weight excluding hydrogens is 243 g/mol. The van der Waals surface area contributed by atoms with E-state index in [0.717, 1.165) is 11.1 Å². The lowest BCUT2D eigenvalue weighted by molar-refractivity contribution is 0.259. The number of hydrogen-bond acceptors (Lipinski definition) is 1. The second-order valence-corrected chi connectivity index (χ2v) is 4.76. The predicted molar refractivity (Wildman–Crippen MR) is 79.1 cm³/mol. The smallest absolute Gasteiger partial charge is 0.316 e. The molecule has 3 N–H and O–H groups in total. The highest BCUT2D eigenvalue weighted by Gasteiger charge is 2.16. The molecule has 0 unspecified atom stereocenters. The largest absolute Gasteiger partial charge is 0.351 e. The second kappa shape index (κ2) is 7.77. The van der Waals surface area contributed by atoms with Crippen LogP contribution in [0.15, 0.2) is 12.1 Å². The SMILES string of the molecule is CC.CC(C)c1cc(F)cc(C(C)C)c1NC(N)=O. The summed E-state index contributed by atoms with van der Waals surface area (Å²) in [5.41, 5.74) is 7.34. The molecule has 0 atom stereocenters. The van der Waals surface area contributed by atoms with E-state index < -0.39 is 6.03 Å². The number of primary amides is 1. The fourth-order valence-electron chi connectivity index (χ4n) is 1.83. The van der Waals surface area contributed by atoms with Crippen molar-refractivity contribution in [3.8, 4) is 0 Å². The molecule has 0 heterocycles.